The van der Waals surface area contributed by atoms with Crippen LogP contribution in [0.2, 0.25) is 0 Å². The lowest BCUT2D eigenvalue weighted by Crippen LogP contribution is -2.13. The largest absolute Gasteiger partial charge is 0.497 e. The van der Waals surface area contributed by atoms with E-state index in [4.69, 9.17) is 18.9 Å². The highest BCUT2D eigenvalue weighted by atomic mass is 16.5. The Morgan fingerprint density at radius 2 is 1.42 bits per heavy atom. The van der Waals surface area contributed by atoms with Crippen LogP contribution in [0.25, 0.3) is 0 Å². The SMILES string of the molecule is CCOc1cc(CNCc2cc(OC)cc(OC)c2)ccc1OC. The smallest absolute Gasteiger partial charge is 0.161 e. The number of hydrogen-bond donors (Lipinski definition) is 1. The van der Waals surface area contributed by atoms with E-state index >= 15 is 0 Å². The molecule has 130 valence electrons. The first kappa shape index (κ1) is 17.9. The number of rotatable bonds is 9. The van der Waals surface area contributed by atoms with Crippen molar-refractivity contribution in [3.05, 3.63) is 47.5 Å². The first-order chi connectivity index (χ1) is 11.7. The third-order valence-corrected chi connectivity index (χ3v) is 3.60. The molecule has 5 nitrogen and oxygen atoms in total. The summed E-state index contributed by atoms with van der Waals surface area (Å²) in [6.45, 7) is 4.00. The van der Waals surface area contributed by atoms with Gasteiger partial charge in [0.1, 0.15) is 11.5 Å². The lowest BCUT2D eigenvalue weighted by atomic mass is 10.1. The Hall–Kier alpha value is -2.40. The molecule has 0 radical (unpaired) electrons. The zero-order valence-corrected chi connectivity index (χ0v) is 14.7. The molecule has 0 aliphatic rings. The van der Waals surface area contributed by atoms with Gasteiger partial charge in [0.15, 0.2) is 11.5 Å². The normalized spacial score (nSPS) is 10.3. The average molecular weight is 331 g/mol. The third-order valence-electron chi connectivity index (χ3n) is 3.60. The fourth-order valence-electron chi connectivity index (χ4n) is 2.42. The van der Waals surface area contributed by atoms with E-state index in [0.29, 0.717) is 13.2 Å². The summed E-state index contributed by atoms with van der Waals surface area (Å²) in [4.78, 5) is 0. The Balaban J connectivity index is 2.00. The summed E-state index contributed by atoms with van der Waals surface area (Å²) in [5, 5.41) is 3.42. The zero-order chi connectivity index (χ0) is 17.4. The van der Waals surface area contributed by atoms with E-state index < -0.39 is 0 Å². The monoisotopic (exact) mass is 331 g/mol. The number of methoxy groups -OCH3 is 3. The minimum atomic E-state index is 0.608. The van der Waals surface area contributed by atoms with E-state index in [1.165, 1.54) is 0 Å². The van der Waals surface area contributed by atoms with Gasteiger partial charge in [-0.3, -0.25) is 0 Å². The highest BCUT2D eigenvalue weighted by molar-refractivity contribution is 5.43. The molecule has 2 rings (SSSR count). The van der Waals surface area contributed by atoms with Gasteiger partial charge in [0.2, 0.25) is 0 Å². The van der Waals surface area contributed by atoms with Crippen molar-refractivity contribution in [2.75, 3.05) is 27.9 Å². The molecule has 0 heterocycles. The molecule has 0 unspecified atom stereocenters. The number of hydrogen-bond acceptors (Lipinski definition) is 5. The van der Waals surface area contributed by atoms with Gasteiger partial charge in [-0.1, -0.05) is 6.07 Å². The van der Waals surface area contributed by atoms with E-state index in [2.05, 4.69) is 5.32 Å². The Morgan fingerprint density at radius 3 is 2.00 bits per heavy atom. The summed E-state index contributed by atoms with van der Waals surface area (Å²) in [5.41, 5.74) is 2.24. The van der Waals surface area contributed by atoms with E-state index in [9.17, 15) is 0 Å². The van der Waals surface area contributed by atoms with Crippen LogP contribution in [-0.4, -0.2) is 27.9 Å². The highest BCUT2D eigenvalue weighted by Crippen LogP contribution is 2.28. The van der Waals surface area contributed by atoms with Gasteiger partial charge < -0.3 is 24.3 Å². The second-order valence-electron chi connectivity index (χ2n) is 5.24. The van der Waals surface area contributed by atoms with Crippen molar-refractivity contribution >= 4 is 0 Å². The van der Waals surface area contributed by atoms with E-state index in [-0.39, 0.29) is 0 Å². The predicted molar refractivity (Wildman–Crippen MR) is 94.3 cm³/mol. The Morgan fingerprint density at radius 1 is 0.750 bits per heavy atom. The highest BCUT2D eigenvalue weighted by Gasteiger charge is 2.06. The fourth-order valence-corrected chi connectivity index (χ4v) is 2.42. The molecule has 2 aromatic rings. The molecule has 1 N–H and O–H groups in total. The van der Waals surface area contributed by atoms with Crippen molar-refractivity contribution in [2.24, 2.45) is 0 Å². The molecule has 24 heavy (non-hydrogen) atoms. The van der Waals surface area contributed by atoms with Crippen molar-refractivity contribution < 1.29 is 18.9 Å². The standard InChI is InChI=1S/C19H25NO4/c1-5-24-19-10-14(6-7-18(19)23-4)12-20-13-15-8-16(21-2)11-17(9-15)22-3/h6-11,20H,5,12-13H2,1-4H3. The average Bonchev–Trinajstić information content (AvgIpc) is 2.62. The van der Waals surface area contributed by atoms with E-state index in [0.717, 1.165) is 40.7 Å². The molecular formula is C19H25NO4. The molecule has 0 amide bonds. The van der Waals surface area contributed by atoms with Gasteiger partial charge in [-0.2, -0.15) is 0 Å². The van der Waals surface area contributed by atoms with Gasteiger partial charge in [0.05, 0.1) is 27.9 Å². The lowest BCUT2D eigenvalue weighted by Gasteiger charge is -2.12. The predicted octanol–water partition coefficient (Wildman–Crippen LogP) is 3.40. The molecule has 5 heteroatoms. The van der Waals surface area contributed by atoms with Crippen molar-refractivity contribution in [3.63, 3.8) is 0 Å². The van der Waals surface area contributed by atoms with Crippen LogP contribution < -0.4 is 24.3 Å². The second kappa shape index (κ2) is 9.03. The number of nitrogens with one attached hydrogen (secondary N) is 1. The lowest BCUT2D eigenvalue weighted by molar-refractivity contribution is 0.310. The van der Waals surface area contributed by atoms with Gasteiger partial charge in [-0.05, 0) is 42.3 Å². The minimum absolute atomic E-state index is 0.608. The van der Waals surface area contributed by atoms with Crippen molar-refractivity contribution in [1.29, 1.82) is 0 Å². The summed E-state index contributed by atoms with van der Waals surface area (Å²) in [7, 11) is 4.95. The number of ether oxygens (including phenoxy) is 4. The van der Waals surface area contributed by atoms with Crippen molar-refractivity contribution in [1.82, 2.24) is 5.32 Å². The van der Waals surface area contributed by atoms with Crippen LogP contribution in [0, 0.1) is 0 Å². The van der Waals surface area contributed by atoms with Crippen LogP contribution in [0.1, 0.15) is 18.1 Å². The maximum Gasteiger partial charge on any atom is 0.161 e. The minimum Gasteiger partial charge on any atom is -0.497 e. The number of benzene rings is 2. The maximum atomic E-state index is 5.61. The van der Waals surface area contributed by atoms with E-state index in [1.807, 2.05) is 43.3 Å². The zero-order valence-electron chi connectivity index (χ0n) is 14.7. The van der Waals surface area contributed by atoms with Crippen LogP contribution in [-0.2, 0) is 13.1 Å². The first-order valence-electron chi connectivity index (χ1n) is 7.92. The molecule has 0 spiro atoms. The summed E-state index contributed by atoms with van der Waals surface area (Å²) in [6.07, 6.45) is 0. The molecule has 0 fully saturated rings. The third kappa shape index (κ3) is 4.80. The molecule has 0 saturated heterocycles. The summed E-state index contributed by atoms with van der Waals surface area (Å²) in [6, 6.07) is 11.8. The molecule has 0 aromatic heterocycles. The van der Waals surface area contributed by atoms with Crippen LogP contribution in [0.4, 0.5) is 0 Å². The van der Waals surface area contributed by atoms with Crippen molar-refractivity contribution in [3.8, 4) is 23.0 Å². The molecule has 0 aliphatic heterocycles. The summed E-state index contributed by atoms with van der Waals surface area (Å²) in [5.74, 6) is 3.09. The molecule has 0 saturated carbocycles. The van der Waals surface area contributed by atoms with Gasteiger partial charge in [0, 0.05) is 19.2 Å². The first-order valence-corrected chi connectivity index (χ1v) is 7.92. The van der Waals surface area contributed by atoms with Crippen LogP contribution in [0.5, 0.6) is 23.0 Å². The van der Waals surface area contributed by atoms with Gasteiger partial charge in [0.25, 0.3) is 0 Å². The van der Waals surface area contributed by atoms with Crippen LogP contribution in [0.3, 0.4) is 0 Å². The van der Waals surface area contributed by atoms with Crippen molar-refractivity contribution in [2.45, 2.75) is 20.0 Å². The van der Waals surface area contributed by atoms with Gasteiger partial charge >= 0.3 is 0 Å². The fraction of sp³-hybridized carbons (Fsp3) is 0.368. The van der Waals surface area contributed by atoms with Gasteiger partial charge in [-0.15, -0.1) is 0 Å². The molecule has 0 aliphatic carbocycles. The summed E-state index contributed by atoms with van der Waals surface area (Å²) < 4.78 is 21.5. The van der Waals surface area contributed by atoms with E-state index in [1.54, 1.807) is 21.3 Å². The maximum absolute atomic E-state index is 5.61. The topological polar surface area (TPSA) is 49.0 Å². The summed E-state index contributed by atoms with van der Waals surface area (Å²) >= 11 is 0. The van der Waals surface area contributed by atoms with Crippen LogP contribution in [0.15, 0.2) is 36.4 Å². The Labute approximate surface area is 143 Å². The quantitative estimate of drug-likeness (QED) is 0.763. The van der Waals surface area contributed by atoms with Gasteiger partial charge in [-0.25, -0.2) is 0 Å². The molecular weight excluding hydrogens is 306 g/mol. The molecule has 0 atom stereocenters. The molecule has 0 bridgehead atoms. The molecule has 2 aromatic carbocycles. The Bertz CT molecular complexity index is 636. The van der Waals surface area contributed by atoms with Crippen LogP contribution >= 0.6 is 0 Å². The second-order valence-corrected chi connectivity index (χ2v) is 5.24. The Kier molecular flexibility index (Phi) is 6.75.